The van der Waals surface area contributed by atoms with Crippen molar-refractivity contribution in [2.45, 2.75) is 18.9 Å². The Bertz CT molecular complexity index is 716. The van der Waals surface area contributed by atoms with Gasteiger partial charge in [0.05, 0.1) is 6.07 Å². The first-order chi connectivity index (χ1) is 10.9. The minimum atomic E-state index is -1.32. The summed E-state index contributed by atoms with van der Waals surface area (Å²) >= 11 is 5.77. The van der Waals surface area contributed by atoms with Crippen molar-refractivity contribution < 1.29 is 14.3 Å². The number of rotatable bonds is 5. The lowest BCUT2D eigenvalue weighted by atomic mass is 10.1. The van der Waals surface area contributed by atoms with Gasteiger partial charge in [-0.25, -0.2) is 4.79 Å². The van der Waals surface area contributed by atoms with Gasteiger partial charge in [-0.1, -0.05) is 29.8 Å². The molecule has 23 heavy (non-hydrogen) atoms. The predicted molar refractivity (Wildman–Crippen MR) is 85.7 cm³/mol. The summed E-state index contributed by atoms with van der Waals surface area (Å²) in [5.41, 5.74) is -0.432. The average Bonchev–Trinajstić information content (AvgIpc) is 3.08. The second kappa shape index (κ2) is 7.12. The van der Waals surface area contributed by atoms with Crippen LogP contribution < -0.4 is 5.32 Å². The number of amides is 1. The molecule has 1 aromatic rings. The van der Waals surface area contributed by atoms with Gasteiger partial charge in [0.2, 0.25) is 0 Å². The van der Waals surface area contributed by atoms with Crippen LogP contribution in [0.4, 0.5) is 0 Å². The van der Waals surface area contributed by atoms with E-state index >= 15 is 0 Å². The summed E-state index contributed by atoms with van der Waals surface area (Å²) in [7, 11) is 0. The quantitative estimate of drug-likeness (QED) is 0.842. The lowest BCUT2D eigenvalue weighted by molar-refractivity contribution is -0.140. The van der Waals surface area contributed by atoms with E-state index in [1.807, 2.05) is 12.1 Å². The largest absolute Gasteiger partial charge is 0.459 e. The van der Waals surface area contributed by atoms with Crippen molar-refractivity contribution >= 4 is 23.5 Å². The summed E-state index contributed by atoms with van der Waals surface area (Å²) in [5, 5.41) is 12.4. The molecule has 1 unspecified atom stereocenters. The van der Waals surface area contributed by atoms with Crippen LogP contribution in [0.5, 0.6) is 0 Å². The van der Waals surface area contributed by atoms with Crippen LogP contribution in [0.3, 0.4) is 0 Å². The smallest absolute Gasteiger partial charge is 0.334 e. The summed E-state index contributed by atoms with van der Waals surface area (Å²) in [6, 6.07) is 8.24. The van der Waals surface area contributed by atoms with Crippen molar-refractivity contribution in [2.24, 2.45) is 0 Å². The third-order valence-electron chi connectivity index (χ3n) is 3.27. The van der Waals surface area contributed by atoms with Crippen LogP contribution >= 0.6 is 11.6 Å². The van der Waals surface area contributed by atoms with Crippen LogP contribution in [0.1, 0.15) is 23.7 Å². The van der Waals surface area contributed by atoms with Crippen LogP contribution in [0.25, 0.3) is 0 Å². The summed E-state index contributed by atoms with van der Waals surface area (Å²) in [6.07, 6.45) is 5.78. The Kier molecular flexibility index (Phi) is 5.20. The third kappa shape index (κ3) is 4.44. The number of allylic oxidation sites excluding steroid dienone is 3. The minimum absolute atomic E-state index is 0.237. The van der Waals surface area contributed by atoms with E-state index in [-0.39, 0.29) is 6.61 Å². The van der Waals surface area contributed by atoms with Gasteiger partial charge in [-0.3, -0.25) is 4.79 Å². The second-order valence-corrected chi connectivity index (χ2v) is 5.74. The average molecular weight is 331 g/mol. The highest BCUT2D eigenvalue weighted by atomic mass is 35.5. The number of nitrogens with zero attached hydrogens (tertiary/aromatic N) is 1. The fraction of sp³-hybridized carbons (Fsp3) is 0.235. The molecule has 6 heteroatoms. The number of halogens is 1. The zero-order valence-electron chi connectivity index (χ0n) is 12.5. The van der Waals surface area contributed by atoms with Crippen LogP contribution in [-0.2, 0) is 9.53 Å². The number of hydrogen-bond acceptors (Lipinski definition) is 4. The molecule has 0 heterocycles. The van der Waals surface area contributed by atoms with Crippen molar-refractivity contribution in [2.75, 3.05) is 6.61 Å². The number of hydrogen-bond donors (Lipinski definition) is 1. The number of benzene rings is 1. The highest BCUT2D eigenvalue weighted by Gasteiger charge is 2.29. The first-order valence-corrected chi connectivity index (χ1v) is 7.33. The van der Waals surface area contributed by atoms with E-state index < -0.39 is 17.4 Å². The van der Waals surface area contributed by atoms with E-state index in [1.54, 1.807) is 36.4 Å². The van der Waals surface area contributed by atoms with Gasteiger partial charge in [0, 0.05) is 16.2 Å². The normalized spacial score (nSPS) is 15.3. The molecule has 1 atom stereocenters. The maximum atomic E-state index is 12.2. The van der Waals surface area contributed by atoms with Gasteiger partial charge in [-0.2, -0.15) is 5.26 Å². The minimum Gasteiger partial charge on any atom is -0.459 e. The van der Waals surface area contributed by atoms with Crippen LogP contribution in [0, 0.1) is 11.3 Å². The molecule has 0 radical (unpaired) electrons. The van der Waals surface area contributed by atoms with E-state index in [4.69, 9.17) is 16.3 Å². The Morgan fingerprint density at radius 1 is 1.39 bits per heavy atom. The predicted octanol–water partition coefficient (Wildman–Crippen LogP) is 2.78. The van der Waals surface area contributed by atoms with E-state index in [2.05, 4.69) is 5.32 Å². The molecule has 2 rings (SSSR count). The number of ether oxygens (including phenoxy) is 1. The van der Waals surface area contributed by atoms with E-state index in [0.717, 1.165) is 0 Å². The zero-order chi connectivity index (χ0) is 16.9. The van der Waals surface area contributed by atoms with E-state index in [9.17, 15) is 14.9 Å². The zero-order valence-corrected chi connectivity index (χ0v) is 13.3. The Labute approximate surface area is 139 Å². The van der Waals surface area contributed by atoms with Crippen molar-refractivity contribution in [1.29, 1.82) is 5.26 Å². The van der Waals surface area contributed by atoms with Crippen molar-refractivity contribution in [1.82, 2.24) is 5.32 Å². The summed E-state index contributed by atoms with van der Waals surface area (Å²) in [5.74, 6) is -0.930. The molecule has 0 saturated heterocycles. The number of nitrogens with one attached hydrogen (secondary N) is 1. The molecular formula is C17H15ClN2O3. The van der Waals surface area contributed by atoms with E-state index in [1.165, 1.54) is 6.92 Å². The monoisotopic (exact) mass is 330 g/mol. The van der Waals surface area contributed by atoms with Gasteiger partial charge in [0.25, 0.3) is 5.91 Å². The molecule has 0 spiro atoms. The molecule has 1 amide bonds. The molecule has 1 aromatic carbocycles. The van der Waals surface area contributed by atoms with E-state index in [0.29, 0.717) is 22.6 Å². The number of carbonyl (C=O) groups excluding carboxylic acids is 2. The maximum Gasteiger partial charge on any atom is 0.334 e. The number of esters is 1. The molecule has 1 N–H and O–H groups in total. The Morgan fingerprint density at radius 3 is 2.65 bits per heavy atom. The molecule has 0 fully saturated rings. The Balaban J connectivity index is 1.97. The number of nitriles is 1. The topological polar surface area (TPSA) is 79.2 Å². The second-order valence-electron chi connectivity index (χ2n) is 5.31. The summed E-state index contributed by atoms with van der Waals surface area (Å²) < 4.78 is 5.13. The first-order valence-electron chi connectivity index (χ1n) is 6.96. The highest BCUT2D eigenvalue weighted by Crippen LogP contribution is 2.14. The first kappa shape index (κ1) is 16.8. The molecule has 118 valence electrons. The standard InChI is InChI=1S/C17H15ClN2O3/c1-17(10-19,11-23-16(22)13-4-2-3-5-13)20-15(21)12-6-8-14(18)9-7-12/h2-4,6-9H,5,11H2,1H3,(H,20,21). The maximum absolute atomic E-state index is 12.2. The third-order valence-corrected chi connectivity index (χ3v) is 3.52. The summed E-state index contributed by atoms with van der Waals surface area (Å²) in [4.78, 5) is 24.0. The molecule has 0 aliphatic heterocycles. The fourth-order valence-electron chi connectivity index (χ4n) is 1.92. The van der Waals surface area contributed by atoms with Crippen molar-refractivity contribution in [3.8, 4) is 6.07 Å². The van der Waals surface area contributed by atoms with Gasteiger partial charge in [-0.15, -0.1) is 0 Å². The Morgan fingerprint density at radius 2 is 2.09 bits per heavy atom. The van der Waals surface area contributed by atoms with Crippen LogP contribution in [-0.4, -0.2) is 24.0 Å². The van der Waals surface area contributed by atoms with Gasteiger partial charge >= 0.3 is 5.97 Å². The lowest BCUT2D eigenvalue weighted by Crippen LogP contribution is -2.48. The van der Waals surface area contributed by atoms with Gasteiger partial charge in [-0.05, 0) is 37.6 Å². The van der Waals surface area contributed by atoms with Gasteiger partial charge in [0.1, 0.15) is 6.61 Å². The highest BCUT2D eigenvalue weighted by molar-refractivity contribution is 6.30. The van der Waals surface area contributed by atoms with Crippen LogP contribution in [0.15, 0.2) is 48.1 Å². The molecule has 0 aromatic heterocycles. The van der Waals surface area contributed by atoms with Crippen LogP contribution in [0.2, 0.25) is 5.02 Å². The van der Waals surface area contributed by atoms with Crippen molar-refractivity contribution in [3.63, 3.8) is 0 Å². The lowest BCUT2D eigenvalue weighted by Gasteiger charge is -2.23. The molecule has 0 bridgehead atoms. The molecule has 1 aliphatic rings. The summed E-state index contributed by atoms with van der Waals surface area (Å²) in [6.45, 7) is 1.26. The SMILES string of the molecule is CC(C#N)(COC(=O)C1=CC=CC1)NC(=O)c1ccc(Cl)cc1. The van der Waals surface area contributed by atoms with Gasteiger partial charge in [0.15, 0.2) is 5.54 Å². The van der Waals surface area contributed by atoms with Crippen molar-refractivity contribution in [3.05, 3.63) is 58.7 Å². The fourth-order valence-corrected chi connectivity index (χ4v) is 2.05. The number of carbonyl (C=O) groups is 2. The molecular weight excluding hydrogens is 316 g/mol. The van der Waals surface area contributed by atoms with Gasteiger partial charge < -0.3 is 10.1 Å². The molecule has 5 nitrogen and oxygen atoms in total. The Hall–Kier alpha value is -2.58. The molecule has 1 aliphatic carbocycles. The molecule has 0 saturated carbocycles.